The summed E-state index contributed by atoms with van der Waals surface area (Å²) < 4.78 is 5.75. The van der Waals surface area contributed by atoms with Gasteiger partial charge in [-0.15, -0.1) is 0 Å². The number of rotatable bonds is 0. The fourth-order valence-corrected chi connectivity index (χ4v) is 0.806. The first-order chi connectivity index (χ1) is 6.61. The van der Waals surface area contributed by atoms with Gasteiger partial charge in [-0.25, -0.2) is 0 Å². The van der Waals surface area contributed by atoms with Gasteiger partial charge in [-0.1, -0.05) is 48.1 Å². The number of nitrogens with zero attached hydrogens (tertiary/aromatic N) is 1. The van der Waals surface area contributed by atoms with Crippen molar-refractivity contribution in [2.24, 2.45) is 0 Å². The average Bonchev–Trinajstić information content (AvgIpc) is 2.24. The molecule has 0 spiro atoms. The Labute approximate surface area is 142 Å². The third-order valence-corrected chi connectivity index (χ3v) is 1.53. The molecular weight excluding hydrogens is 311 g/mol. The molecule has 0 aliphatic rings. The monoisotopic (exact) mass is 342 g/mol. The van der Waals surface area contributed by atoms with Crippen molar-refractivity contribution in [3.05, 3.63) is 30.1 Å². The summed E-state index contributed by atoms with van der Waals surface area (Å²) in [5.74, 6) is 0. The van der Waals surface area contributed by atoms with Crippen molar-refractivity contribution in [2.75, 3.05) is 0 Å². The Morgan fingerprint density at radius 1 is 1.19 bits per heavy atom. The summed E-state index contributed by atoms with van der Waals surface area (Å²) in [7, 11) is 1.25. The Morgan fingerprint density at radius 2 is 1.62 bits per heavy atom. The molecule has 0 bridgehead atoms. The molecular formula is C12H25NV3-2. The molecule has 3 radical (unpaired) electrons. The van der Waals surface area contributed by atoms with Crippen molar-refractivity contribution in [1.82, 2.24) is 4.98 Å². The first kappa shape index (κ1) is 25.7. The molecule has 1 aromatic heterocycles. The van der Waals surface area contributed by atoms with E-state index >= 15 is 0 Å². The molecule has 1 heterocycles. The van der Waals surface area contributed by atoms with E-state index in [9.17, 15) is 0 Å². The zero-order valence-electron chi connectivity index (χ0n) is 14.1. The maximum absolute atomic E-state index is 5.75. The van der Waals surface area contributed by atoms with Crippen molar-refractivity contribution < 1.29 is 59.9 Å². The van der Waals surface area contributed by atoms with E-state index < -0.39 is 0 Å². The smallest absolute Gasteiger partial charge is 0.0305 e. The molecule has 0 saturated carbocycles. The fourth-order valence-electron chi connectivity index (χ4n) is 0.806. The van der Waals surface area contributed by atoms with E-state index in [2.05, 4.69) is 31.8 Å². The van der Waals surface area contributed by atoms with Gasteiger partial charge in [0.2, 0.25) is 0 Å². The van der Waals surface area contributed by atoms with E-state index in [1.165, 1.54) is 13.0 Å². The first-order valence-electron chi connectivity index (χ1n) is 5.51. The summed E-state index contributed by atoms with van der Waals surface area (Å²) >= 11 is 0. The van der Waals surface area contributed by atoms with Crippen LogP contribution in [0.5, 0.6) is 0 Å². The van der Waals surface area contributed by atoms with Gasteiger partial charge in [0.25, 0.3) is 0 Å². The van der Waals surface area contributed by atoms with Gasteiger partial charge in [-0.3, -0.25) is 4.98 Å². The van der Waals surface area contributed by atoms with Crippen LogP contribution in [0.4, 0.5) is 0 Å². The van der Waals surface area contributed by atoms with Crippen LogP contribution in [0.2, 0.25) is 0 Å². The van der Waals surface area contributed by atoms with Crippen molar-refractivity contribution in [3.8, 4) is 0 Å². The molecule has 1 rings (SSSR count). The maximum atomic E-state index is 5.75. The van der Waals surface area contributed by atoms with Crippen molar-refractivity contribution in [2.45, 2.75) is 47.4 Å². The van der Waals surface area contributed by atoms with Crippen LogP contribution in [0.15, 0.2) is 24.5 Å². The van der Waals surface area contributed by atoms with Crippen molar-refractivity contribution in [3.63, 3.8) is 0 Å². The number of hydrogen-bond acceptors (Lipinski definition) is 1. The van der Waals surface area contributed by atoms with Crippen LogP contribution in [0, 0.1) is 0 Å². The molecule has 0 saturated heterocycles. The van der Waals surface area contributed by atoms with Crippen LogP contribution in [-0.2, 0) is 61.1 Å². The summed E-state index contributed by atoms with van der Waals surface area (Å²) in [6.07, 6.45) is 3.72. The van der Waals surface area contributed by atoms with E-state index in [1.54, 1.807) is 6.20 Å². The van der Waals surface area contributed by atoms with E-state index in [1.807, 2.05) is 26.1 Å². The van der Waals surface area contributed by atoms with Crippen LogP contribution < -0.4 is 0 Å². The standard InChI is InChI=1S/C9H13N.C2H6.CH4.3V.2H/c1-9(2,3)8-5-4-6-10-7-8;1-2;;;;;;/h4-7H,1-3H3;1-2H3;1H4;;;;;/q;;;;;;2*-1/i;;1T;;;;2*1+2. The Hall–Kier alpha value is 0.903. The zero-order valence-corrected chi connectivity index (χ0v) is 15.3. The topological polar surface area (TPSA) is 12.9 Å². The van der Waals surface area contributed by atoms with E-state index in [0.29, 0.717) is 0 Å². The van der Waals surface area contributed by atoms with E-state index in [4.69, 9.17) is 1.37 Å². The minimum atomic E-state index is 0. The summed E-state index contributed by atoms with van der Waals surface area (Å²) in [6.45, 7) is 10.6. The Balaban J connectivity index is -0.0000000295. The average molecular weight is 342 g/mol. The summed E-state index contributed by atoms with van der Waals surface area (Å²) in [5, 5.41) is 0. The molecule has 0 aliphatic heterocycles. The molecule has 16 heavy (non-hydrogen) atoms. The van der Waals surface area contributed by atoms with Crippen molar-refractivity contribution >= 4 is 0 Å². The predicted octanol–water partition coefficient (Wildman–Crippen LogP) is 4.26. The minimum Gasteiger partial charge on any atom is -1.00 e. The van der Waals surface area contributed by atoms with Gasteiger partial charge in [0.15, 0.2) is 0 Å². The van der Waals surface area contributed by atoms with Gasteiger partial charge in [-0.05, 0) is 17.0 Å². The molecule has 0 atom stereocenters. The molecule has 0 unspecified atom stereocenters. The third-order valence-electron chi connectivity index (χ3n) is 1.53. The summed E-state index contributed by atoms with van der Waals surface area (Å²) in [5.41, 5.74) is 1.52. The van der Waals surface area contributed by atoms with Gasteiger partial charge in [0.05, 0.1) is 0 Å². The zero-order chi connectivity index (χ0) is 11.6. The molecule has 0 amide bonds. The fraction of sp³-hybridized carbons (Fsp3) is 0.583. The molecule has 0 N–H and O–H groups in total. The number of aromatic nitrogens is 1. The normalized spacial score (nSPS) is 8.00. The molecule has 1 aromatic rings. The van der Waals surface area contributed by atoms with Crippen LogP contribution in [0.25, 0.3) is 0 Å². The Kier molecular flexibility index (Phi) is 25.5. The third kappa shape index (κ3) is 13.0. The van der Waals surface area contributed by atoms with E-state index in [-0.39, 0.29) is 63.9 Å². The van der Waals surface area contributed by atoms with Crippen LogP contribution in [0.1, 0.15) is 51.8 Å². The van der Waals surface area contributed by atoms with Crippen LogP contribution in [-0.4, -0.2) is 4.98 Å². The quantitative estimate of drug-likeness (QED) is 0.687. The predicted molar refractivity (Wildman–Crippen MR) is 63.2 cm³/mol. The SMILES string of the molecule is CC.CC(C)(C)c1cccnc1.[3H-].[3H-].[3H]C.[V].[V].[V]. The van der Waals surface area contributed by atoms with Gasteiger partial charge >= 0.3 is 0 Å². The largest absolute Gasteiger partial charge is 1.00 e. The molecule has 0 fully saturated rings. The molecule has 1 nitrogen and oxygen atoms in total. The van der Waals surface area contributed by atoms with Gasteiger partial charge in [0, 0.05) is 69.4 Å². The van der Waals surface area contributed by atoms with E-state index in [0.717, 1.165) is 0 Å². The number of hydrogen-bond donors (Lipinski definition) is 0. The second kappa shape index (κ2) is 15.9. The summed E-state index contributed by atoms with van der Waals surface area (Å²) in [6, 6.07) is 4.08. The molecule has 4 heteroatoms. The van der Waals surface area contributed by atoms with Gasteiger partial charge < -0.3 is 2.85 Å². The van der Waals surface area contributed by atoms with Crippen molar-refractivity contribution in [1.29, 1.82) is 0 Å². The Bertz CT molecular complexity index is 219. The maximum Gasteiger partial charge on any atom is 0.0305 e. The second-order valence-corrected chi connectivity index (χ2v) is 3.49. The molecule has 0 aliphatic carbocycles. The van der Waals surface area contributed by atoms with Gasteiger partial charge in [-0.2, -0.15) is 0 Å². The second-order valence-electron chi connectivity index (χ2n) is 3.49. The minimum absolute atomic E-state index is 0. The Morgan fingerprint density at radius 3 is 1.81 bits per heavy atom. The molecule has 95 valence electrons. The van der Waals surface area contributed by atoms with Crippen LogP contribution in [0.3, 0.4) is 0 Å². The summed E-state index contributed by atoms with van der Waals surface area (Å²) in [4.78, 5) is 4.05. The van der Waals surface area contributed by atoms with Gasteiger partial charge in [0.1, 0.15) is 0 Å². The number of pyridine rings is 1. The first-order valence-corrected chi connectivity index (χ1v) is 4.51. The van der Waals surface area contributed by atoms with Crippen LogP contribution >= 0.6 is 0 Å². The molecule has 0 aromatic carbocycles.